The fourth-order valence-electron chi connectivity index (χ4n) is 2.58. The molecule has 0 fully saturated rings. The lowest BCUT2D eigenvalue weighted by atomic mass is 10.3. The summed E-state index contributed by atoms with van der Waals surface area (Å²) in [6, 6.07) is 12.2. The predicted octanol–water partition coefficient (Wildman–Crippen LogP) is 4.92. The third kappa shape index (κ3) is 5.81. The summed E-state index contributed by atoms with van der Waals surface area (Å²) in [7, 11) is 1.59. The summed E-state index contributed by atoms with van der Waals surface area (Å²) in [6.07, 6.45) is 0. The number of methoxy groups -OCH3 is 1. The van der Waals surface area contributed by atoms with E-state index in [4.69, 9.17) is 32.7 Å². The molecule has 0 unspecified atom stereocenters. The zero-order valence-electron chi connectivity index (χ0n) is 16.4. The zero-order valence-corrected chi connectivity index (χ0v) is 18.7. The van der Waals surface area contributed by atoms with E-state index >= 15 is 0 Å². The Labute approximate surface area is 188 Å². The van der Waals surface area contributed by atoms with Gasteiger partial charge in [0, 0.05) is 23.3 Å². The lowest BCUT2D eigenvalue weighted by Crippen LogP contribution is -2.15. The standard InChI is InChI=1S/C20H20Cl2N4O3S/c1-3-26-18(11-29-17-10-13(21)4-9-16(17)22)24-25-20(26)30-12-19(27)23-14-5-7-15(28-2)8-6-14/h4-10H,3,11-12H2,1-2H3,(H,23,27). The second-order valence-corrected chi connectivity index (χ2v) is 7.86. The molecule has 7 nitrogen and oxygen atoms in total. The molecule has 3 rings (SSSR count). The van der Waals surface area contributed by atoms with E-state index in [1.54, 1.807) is 49.6 Å². The minimum atomic E-state index is -0.140. The molecule has 2 aromatic carbocycles. The van der Waals surface area contributed by atoms with E-state index < -0.39 is 0 Å². The highest BCUT2D eigenvalue weighted by molar-refractivity contribution is 7.99. The summed E-state index contributed by atoms with van der Waals surface area (Å²) >= 11 is 13.4. The van der Waals surface area contributed by atoms with Crippen molar-refractivity contribution in [2.45, 2.75) is 25.2 Å². The maximum atomic E-state index is 12.3. The zero-order chi connectivity index (χ0) is 21.5. The number of halogens is 2. The minimum Gasteiger partial charge on any atom is -0.497 e. The number of thioether (sulfide) groups is 1. The van der Waals surface area contributed by atoms with Gasteiger partial charge in [0.1, 0.15) is 18.1 Å². The molecule has 10 heteroatoms. The second kappa shape index (κ2) is 10.6. The predicted molar refractivity (Wildman–Crippen MR) is 119 cm³/mol. The van der Waals surface area contributed by atoms with Gasteiger partial charge in [0.15, 0.2) is 11.0 Å². The first-order chi connectivity index (χ1) is 14.5. The number of carbonyl (C=O) groups excluding carboxylic acids is 1. The van der Waals surface area contributed by atoms with Crippen LogP contribution in [0.15, 0.2) is 47.6 Å². The van der Waals surface area contributed by atoms with Crippen LogP contribution in [0, 0.1) is 0 Å². The number of nitrogens with one attached hydrogen (secondary N) is 1. The van der Waals surface area contributed by atoms with Crippen LogP contribution in [-0.4, -0.2) is 33.5 Å². The number of amides is 1. The number of hydrogen-bond acceptors (Lipinski definition) is 6. The molecule has 158 valence electrons. The Bertz CT molecular complexity index is 1010. The van der Waals surface area contributed by atoms with Crippen molar-refractivity contribution in [3.63, 3.8) is 0 Å². The van der Waals surface area contributed by atoms with Crippen molar-refractivity contribution >= 4 is 46.6 Å². The van der Waals surface area contributed by atoms with Gasteiger partial charge in [0.2, 0.25) is 5.91 Å². The fourth-order valence-corrected chi connectivity index (χ4v) is 3.74. The van der Waals surface area contributed by atoms with Crippen LogP contribution in [0.4, 0.5) is 5.69 Å². The summed E-state index contributed by atoms with van der Waals surface area (Å²) in [4.78, 5) is 12.3. The molecule has 1 amide bonds. The van der Waals surface area contributed by atoms with Crippen molar-refractivity contribution in [2.75, 3.05) is 18.2 Å². The van der Waals surface area contributed by atoms with Gasteiger partial charge in [0.25, 0.3) is 0 Å². The topological polar surface area (TPSA) is 78.3 Å². The van der Waals surface area contributed by atoms with Crippen LogP contribution >= 0.6 is 35.0 Å². The molecule has 1 heterocycles. The quantitative estimate of drug-likeness (QED) is 0.450. The Morgan fingerprint density at radius 3 is 2.63 bits per heavy atom. The Morgan fingerprint density at radius 1 is 1.17 bits per heavy atom. The number of aromatic nitrogens is 3. The Balaban J connectivity index is 1.58. The Kier molecular flexibility index (Phi) is 7.84. The smallest absolute Gasteiger partial charge is 0.234 e. The molecular weight excluding hydrogens is 447 g/mol. The molecule has 30 heavy (non-hydrogen) atoms. The molecular formula is C20H20Cl2N4O3S. The molecule has 0 saturated heterocycles. The molecule has 1 N–H and O–H groups in total. The maximum absolute atomic E-state index is 12.3. The first-order valence-corrected chi connectivity index (χ1v) is 10.8. The Hall–Kier alpha value is -2.42. The third-order valence-corrected chi connectivity index (χ3v) is 5.58. The Morgan fingerprint density at radius 2 is 1.93 bits per heavy atom. The average Bonchev–Trinajstić information content (AvgIpc) is 3.15. The number of anilines is 1. The van der Waals surface area contributed by atoms with E-state index in [1.807, 2.05) is 11.5 Å². The highest BCUT2D eigenvalue weighted by Gasteiger charge is 2.14. The van der Waals surface area contributed by atoms with Crippen LogP contribution in [0.3, 0.4) is 0 Å². The first-order valence-electron chi connectivity index (χ1n) is 9.06. The van der Waals surface area contributed by atoms with Crippen molar-refractivity contribution < 1.29 is 14.3 Å². The molecule has 0 radical (unpaired) electrons. The molecule has 1 aromatic heterocycles. The molecule has 0 aliphatic carbocycles. The van der Waals surface area contributed by atoms with Gasteiger partial charge in [-0.05, 0) is 43.3 Å². The second-order valence-electron chi connectivity index (χ2n) is 6.07. The molecule has 0 spiro atoms. The first kappa shape index (κ1) is 22.3. The lowest BCUT2D eigenvalue weighted by molar-refractivity contribution is -0.113. The minimum absolute atomic E-state index is 0.140. The van der Waals surface area contributed by atoms with Gasteiger partial charge in [-0.1, -0.05) is 35.0 Å². The van der Waals surface area contributed by atoms with E-state index in [0.717, 1.165) is 5.75 Å². The number of benzene rings is 2. The van der Waals surface area contributed by atoms with Crippen molar-refractivity contribution in [3.05, 3.63) is 58.3 Å². The van der Waals surface area contributed by atoms with Gasteiger partial charge in [-0.25, -0.2) is 0 Å². The average molecular weight is 467 g/mol. The molecule has 0 atom stereocenters. The SMILES string of the molecule is CCn1c(COc2cc(Cl)ccc2Cl)nnc1SCC(=O)Nc1ccc(OC)cc1. The van der Waals surface area contributed by atoms with Crippen LogP contribution < -0.4 is 14.8 Å². The van der Waals surface area contributed by atoms with Crippen molar-refractivity contribution in [2.24, 2.45) is 0 Å². The van der Waals surface area contributed by atoms with Crippen LogP contribution in [0.25, 0.3) is 0 Å². The van der Waals surface area contributed by atoms with Crippen molar-refractivity contribution in [3.8, 4) is 11.5 Å². The summed E-state index contributed by atoms with van der Waals surface area (Å²) in [5.41, 5.74) is 0.700. The lowest BCUT2D eigenvalue weighted by Gasteiger charge is -2.10. The third-order valence-electron chi connectivity index (χ3n) is 4.07. The molecule has 3 aromatic rings. The van der Waals surface area contributed by atoms with E-state index in [2.05, 4.69) is 15.5 Å². The van der Waals surface area contributed by atoms with Crippen molar-refractivity contribution in [1.82, 2.24) is 14.8 Å². The van der Waals surface area contributed by atoms with E-state index in [0.29, 0.717) is 39.0 Å². The van der Waals surface area contributed by atoms with Gasteiger partial charge >= 0.3 is 0 Å². The maximum Gasteiger partial charge on any atom is 0.234 e. The van der Waals surface area contributed by atoms with Gasteiger partial charge in [-0.2, -0.15) is 0 Å². The number of ether oxygens (including phenoxy) is 2. The molecule has 0 aliphatic heterocycles. The van der Waals surface area contributed by atoms with Crippen LogP contribution in [0.1, 0.15) is 12.7 Å². The molecule has 0 saturated carbocycles. The number of hydrogen-bond donors (Lipinski definition) is 1. The van der Waals surface area contributed by atoms with Gasteiger partial charge in [0.05, 0.1) is 17.9 Å². The van der Waals surface area contributed by atoms with E-state index in [-0.39, 0.29) is 18.3 Å². The highest BCUT2D eigenvalue weighted by Crippen LogP contribution is 2.28. The molecule has 0 bridgehead atoms. The van der Waals surface area contributed by atoms with Gasteiger partial charge < -0.3 is 19.4 Å². The highest BCUT2D eigenvalue weighted by atomic mass is 35.5. The normalized spacial score (nSPS) is 10.7. The molecule has 0 aliphatic rings. The summed E-state index contributed by atoms with van der Waals surface area (Å²) in [6.45, 7) is 2.79. The monoisotopic (exact) mass is 466 g/mol. The number of carbonyl (C=O) groups is 1. The number of rotatable bonds is 9. The summed E-state index contributed by atoms with van der Waals surface area (Å²) in [5, 5.41) is 12.8. The summed E-state index contributed by atoms with van der Waals surface area (Å²) in [5.74, 6) is 1.89. The summed E-state index contributed by atoms with van der Waals surface area (Å²) < 4.78 is 12.7. The van der Waals surface area contributed by atoms with Crippen LogP contribution in [-0.2, 0) is 17.9 Å². The fraction of sp³-hybridized carbons (Fsp3) is 0.250. The number of nitrogens with zero attached hydrogens (tertiary/aromatic N) is 3. The van der Waals surface area contributed by atoms with E-state index in [1.165, 1.54) is 11.8 Å². The van der Waals surface area contributed by atoms with Crippen LogP contribution in [0.2, 0.25) is 10.0 Å². The van der Waals surface area contributed by atoms with Crippen LogP contribution in [0.5, 0.6) is 11.5 Å². The van der Waals surface area contributed by atoms with Gasteiger partial charge in [-0.3, -0.25) is 4.79 Å². The largest absolute Gasteiger partial charge is 0.497 e. The van der Waals surface area contributed by atoms with Crippen molar-refractivity contribution in [1.29, 1.82) is 0 Å². The van der Waals surface area contributed by atoms with Gasteiger partial charge in [-0.15, -0.1) is 10.2 Å². The van der Waals surface area contributed by atoms with E-state index in [9.17, 15) is 4.79 Å².